The molecule has 0 fully saturated rings. The van der Waals surface area contributed by atoms with Crippen LogP contribution in [0.3, 0.4) is 0 Å². The highest BCUT2D eigenvalue weighted by Crippen LogP contribution is 1.96. The Hall–Kier alpha value is -0.440. The van der Waals surface area contributed by atoms with Crippen LogP contribution in [0.4, 0.5) is 0 Å². The van der Waals surface area contributed by atoms with Gasteiger partial charge in [-0.3, -0.25) is 0 Å². The van der Waals surface area contributed by atoms with Crippen molar-refractivity contribution in [3.8, 4) is 0 Å². The fourth-order valence-corrected chi connectivity index (χ4v) is 0.123. The van der Waals surface area contributed by atoms with Crippen molar-refractivity contribution in [1.29, 1.82) is 0 Å². The number of carboxylic acids is 1. The molecule has 0 amide bonds. The van der Waals surface area contributed by atoms with Crippen molar-refractivity contribution in [3.63, 3.8) is 0 Å². The molecule has 0 aliphatic rings. The van der Waals surface area contributed by atoms with Crippen molar-refractivity contribution in [2.24, 2.45) is 0 Å². The molecule has 0 atom stereocenters. The van der Waals surface area contributed by atoms with E-state index in [-0.39, 0.29) is 4.91 Å². The molecule has 2 nitrogen and oxygen atoms in total. The van der Waals surface area contributed by atoms with E-state index >= 15 is 0 Å². The molecule has 0 radical (unpaired) electrons. The van der Waals surface area contributed by atoms with Crippen molar-refractivity contribution in [3.05, 3.63) is 11.0 Å². The average molecular weight is 118 g/mol. The first-order chi connectivity index (χ1) is 3.18. The quantitative estimate of drug-likeness (QED) is 0.396. The van der Waals surface area contributed by atoms with Crippen LogP contribution in [0.2, 0.25) is 0 Å². The minimum absolute atomic E-state index is 0.0833. The molecule has 0 heterocycles. The molecule has 3 heteroatoms. The molecule has 7 heavy (non-hydrogen) atoms. The second-order valence-electron chi connectivity index (χ2n) is 0.979. The summed E-state index contributed by atoms with van der Waals surface area (Å²) in [5, 5.41) is 8.04. The molecule has 0 aliphatic heterocycles. The highest BCUT2D eigenvalue weighted by Gasteiger charge is 1.94. The average Bonchev–Trinajstić information content (AvgIpc) is 1.65. The second-order valence-corrected chi connectivity index (χ2v) is 1.46. The minimum atomic E-state index is -0.981. The first kappa shape index (κ1) is 6.56. The van der Waals surface area contributed by atoms with Crippen LogP contribution in [0, 0.1) is 0 Å². The van der Waals surface area contributed by atoms with Crippen LogP contribution >= 0.6 is 12.6 Å². The fraction of sp³-hybridized carbons (Fsp3) is 0.250. The predicted molar refractivity (Wildman–Crippen MR) is 30.4 cm³/mol. The highest BCUT2D eigenvalue weighted by molar-refractivity contribution is 7.85. The Morgan fingerprint density at radius 2 is 2.29 bits per heavy atom. The third kappa shape index (κ3) is 2.28. The molecular formula is C4H6O2S. The van der Waals surface area contributed by atoms with E-state index in [1.165, 1.54) is 6.08 Å². The second kappa shape index (κ2) is 2.69. The van der Waals surface area contributed by atoms with Crippen molar-refractivity contribution < 1.29 is 9.90 Å². The van der Waals surface area contributed by atoms with Crippen LogP contribution in [0.15, 0.2) is 11.0 Å². The Bertz CT molecular complexity index is 106. The zero-order valence-electron chi connectivity index (χ0n) is 3.88. The van der Waals surface area contributed by atoms with Gasteiger partial charge in [-0.25, -0.2) is 4.79 Å². The maximum atomic E-state index is 9.79. The van der Waals surface area contributed by atoms with Crippen LogP contribution in [0.25, 0.3) is 0 Å². The summed E-state index contributed by atoms with van der Waals surface area (Å²) >= 11 is 3.59. The lowest BCUT2D eigenvalue weighted by molar-refractivity contribution is -0.131. The predicted octanol–water partition coefficient (Wildman–Crippen LogP) is 0.905. The molecule has 0 rings (SSSR count). The van der Waals surface area contributed by atoms with Gasteiger partial charge in [-0.2, -0.15) is 0 Å². The Morgan fingerprint density at radius 3 is 2.29 bits per heavy atom. The number of carboxylic acid groups (broad SMARTS) is 1. The number of aliphatic carboxylic acids is 1. The smallest absolute Gasteiger partial charge is 0.341 e. The summed E-state index contributed by atoms with van der Waals surface area (Å²) in [7, 11) is 0. The largest absolute Gasteiger partial charge is 0.477 e. The van der Waals surface area contributed by atoms with Gasteiger partial charge in [-0.05, 0) is 6.92 Å². The topological polar surface area (TPSA) is 37.3 Å². The molecular weight excluding hydrogens is 112 g/mol. The van der Waals surface area contributed by atoms with Gasteiger partial charge >= 0.3 is 5.97 Å². The van der Waals surface area contributed by atoms with Crippen LogP contribution < -0.4 is 0 Å². The number of allylic oxidation sites excluding steroid dienone is 1. The van der Waals surface area contributed by atoms with Gasteiger partial charge in [-0.1, -0.05) is 6.08 Å². The number of hydrogen-bond donors (Lipinski definition) is 2. The zero-order valence-corrected chi connectivity index (χ0v) is 4.77. The summed E-state index contributed by atoms with van der Waals surface area (Å²) < 4.78 is 0. The summed E-state index contributed by atoms with van der Waals surface area (Å²) in [6.07, 6.45) is 1.42. The first-order valence-corrected chi connectivity index (χ1v) is 2.21. The summed E-state index contributed by atoms with van der Waals surface area (Å²) in [5.41, 5.74) is 0. The molecule has 0 aliphatic carbocycles. The molecule has 0 spiro atoms. The third-order valence-corrected chi connectivity index (χ3v) is 0.942. The highest BCUT2D eigenvalue weighted by atomic mass is 32.1. The lowest BCUT2D eigenvalue weighted by atomic mass is 10.5. The van der Waals surface area contributed by atoms with E-state index in [1.807, 2.05) is 0 Å². The number of carbonyl (C=O) groups is 1. The lowest BCUT2D eigenvalue weighted by Gasteiger charge is -1.82. The molecule has 0 unspecified atom stereocenters. The van der Waals surface area contributed by atoms with Crippen LogP contribution in [-0.2, 0) is 4.79 Å². The Morgan fingerprint density at radius 1 is 1.86 bits per heavy atom. The SMILES string of the molecule is C/C=C(/S)C(=O)O. The van der Waals surface area contributed by atoms with Gasteiger partial charge in [0, 0.05) is 0 Å². The molecule has 1 N–H and O–H groups in total. The van der Waals surface area contributed by atoms with E-state index in [1.54, 1.807) is 6.92 Å². The van der Waals surface area contributed by atoms with E-state index in [0.29, 0.717) is 0 Å². The zero-order chi connectivity index (χ0) is 5.86. The Kier molecular flexibility index (Phi) is 2.52. The van der Waals surface area contributed by atoms with Crippen molar-refractivity contribution in [2.75, 3.05) is 0 Å². The summed E-state index contributed by atoms with van der Waals surface area (Å²) in [6, 6.07) is 0. The van der Waals surface area contributed by atoms with Gasteiger partial charge in [0.05, 0.1) is 4.91 Å². The van der Waals surface area contributed by atoms with Crippen LogP contribution in [-0.4, -0.2) is 11.1 Å². The van der Waals surface area contributed by atoms with Crippen molar-refractivity contribution >= 4 is 18.6 Å². The maximum absolute atomic E-state index is 9.79. The maximum Gasteiger partial charge on any atom is 0.341 e. The monoisotopic (exact) mass is 118 g/mol. The molecule has 0 aromatic heterocycles. The molecule has 40 valence electrons. The van der Waals surface area contributed by atoms with Crippen molar-refractivity contribution in [2.45, 2.75) is 6.92 Å². The summed E-state index contributed by atoms with van der Waals surface area (Å²) in [6.45, 7) is 1.62. The van der Waals surface area contributed by atoms with Crippen LogP contribution in [0.5, 0.6) is 0 Å². The van der Waals surface area contributed by atoms with Gasteiger partial charge < -0.3 is 5.11 Å². The first-order valence-electron chi connectivity index (χ1n) is 1.77. The van der Waals surface area contributed by atoms with E-state index in [4.69, 9.17) is 5.11 Å². The Balaban J connectivity index is 3.82. The summed E-state index contributed by atoms with van der Waals surface area (Å²) in [5.74, 6) is -0.981. The van der Waals surface area contributed by atoms with Crippen molar-refractivity contribution in [1.82, 2.24) is 0 Å². The normalized spacial score (nSPS) is 11.4. The van der Waals surface area contributed by atoms with E-state index < -0.39 is 5.97 Å². The summed E-state index contributed by atoms with van der Waals surface area (Å²) in [4.78, 5) is 9.87. The van der Waals surface area contributed by atoms with Gasteiger partial charge in [0.15, 0.2) is 0 Å². The number of thiol groups is 1. The van der Waals surface area contributed by atoms with Gasteiger partial charge in [0.2, 0.25) is 0 Å². The van der Waals surface area contributed by atoms with Gasteiger partial charge in [0.1, 0.15) is 0 Å². The molecule has 0 saturated carbocycles. The standard InChI is InChI=1S/C4H6O2S/c1-2-3(7)4(5)6/h2,7H,1H3,(H,5,6)/b3-2+. The van der Waals surface area contributed by atoms with E-state index in [9.17, 15) is 4.79 Å². The lowest BCUT2D eigenvalue weighted by Crippen LogP contribution is -1.91. The fourth-order valence-electron chi connectivity index (χ4n) is 0.123. The van der Waals surface area contributed by atoms with E-state index in [0.717, 1.165) is 0 Å². The minimum Gasteiger partial charge on any atom is -0.477 e. The number of rotatable bonds is 1. The molecule has 0 bridgehead atoms. The molecule has 0 aromatic carbocycles. The molecule has 0 saturated heterocycles. The third-order valence-electron chi connectivity index (χ3n) is 0.493. The Labute approximate surface area is 47.3 Å². The molecule has 0 aromatic rings. The van der Waals surface area contributed by atoms with Crippen LogP contribution in [0.1, 0.15) is 6.92 Å². The van der Waals surface area contributed by atoms with Gasteiger partial charge in [0.25, 0.3) is 0 Å². The number of hydrogen-bond acceptors (Lipinski definition) is 2. The van der Waals surface area contributed by atoms with Gasteiger partial charge in [-0.15, -0.1) is 12.6 Å². The van der Waals surface area contributed by atoms with E-state index in [2.05, 4.69) is 12.6 Å².